The SMILES string of the molecule is CCOC(=O)CC(NCc1ccccc1)C(C)=O. The molecule has 0 saturated carbocycles. The van der Waals surface area contributed by atoms with Crippen molar-refractivity contribution in [1.82, 2.24) is 5.32 Å². The number of carbonyl (C=O) groups excluding carboxylic acids is 2. The highest BCUT2D eigenvalue weighted by molar-refractivity contribution is 5.86. The fourth-order valence-corrected chi connectivity index (χ4v) is 1.58. The normalized spacial score (nSPS) is 11.9. The molecule has 0 aromatic heterocycles. The van der Waals surface area contributed by atoms with Gasteiger partial charge in [0, 0.05) is 6.54 Å². The number of benzene rings is 1. The highest BCUT2D eigenvalue weighted by atomic mass is 16.5. The van der Waals surface area contributed by atoms with E-state index in [1.807, 2.05) is 30.3 Å². The van der Waals surface area contributed by atoms with Gasteiger partial charge in [0.1, 0.15) is 5.78 Å². The van der Waals surface area contributed by atoms with Crippen molar-refractivity contribution in [3.63, 3.8) is 0 Å². The molecule has 4 heteroatoms. The van der Waals surface area contributed by atoms with Gasteiger partial charge >= 0.3 is 5.97 Å². The number of esters is 1. The minimum absolute atomic E-state index is 0.0565. The van der Waals surface area contributed by atoms with Crippen LogP contribution < -0.4 is 5.32 Å². The lowest BCUT2D eigenvalue weighted by molar-refractivity contribution is -0.145. The van der Waals surface area contributed by atoms with Gasteiger partial charge in [-0.2, -0.15) is 0 Å². The molecule has 0 radical (unpaired) electrons. The van der Waals surface area contributed by atoms with Crippen LogP contribution >= 0.6 is 0 Å². The molecule has 0 saturated heterocycles. The molecule has 0 fully saturated rings. The molecule has 4 nitrogen and oxygen atoms in total. The van der Waals surface area contributed by atoms with Crippen molar-refractivity contribution in [2.45, 2.75) is 32.9 Å². The molecule has 0 aliphatic carbocycles. The second-order valence-corrected chi connectivity index (χ2v) is 4.04. The summed E-state index contributed by atoms with van der Waals surface area (Å²) in [5.74, 6) is -0.405. The number of rotatable bonds is 7. The van der Waals surface area contributed by atoms with Crippen molar-refractivity contribution in [3.8, 4) is 0 Å². The number of carbonyl (C=O) groups is 2. The van der Waals surface area contributed by atoms with Crippen molar-refractivity contribution in [3.05, 3.63) is 35.9 Å². The summed E-state index contributed by atoms with van der Waals surface area (Å²) in [5.41, 5.74) is 1.08. The second kappa shape index (κ2) is 7.61. The predicted octanol–water partition coefficient (Wildman–Crippen LogP) is 1.69. The molecule has 0 amide bonds. The Bertz CT molecular complexity index is 389. The van der Waals surface area contributed by atoms with E-state index in [4.69, 9.17) is 4.74 Å². The van der Waals surface area contributed by atoms with Crippen LogP contribution in [0.15, 0.2) is 30.3 Å². The van der Waals surface area contributed by atoms with Crippen molar-refractivity contribution in [1.29, 1.82) is 0 Å². The van der Waals surface area contributed by atoms with E-state index in [0.717, 1.165) is 5.56 Å². The highest BCUT2D eigenvalue weighted by Crippen LogP contribution is 2.02. The van der Waals surface area contributed by atoms with Crippen LogP contribution in [0.2, 0.25) is 0 Å². The maximum absolute atomic E-state index is 11.4. The molecule has 0 heterocycles. The van der Waals surface area contributed by atoms with Crippen molar-refractivity contribution >= 4 is 11.8 Å². The Morgan fingerprint density at radius 3 is 2.50 bits per heavy atom. The van der Waals surface area contributed by atoms with E-state index in [-0.39, 0.29) is 18.2 Å². The van der Waals surface area contributed by atoms with Gasteiger partial charge in [-0.1, -0.05) is 30.3 Å². The first-order chi connectivity index (χ1) is 8.63. The van der Waals surface area contributed by atoms with Gasteiger partial charge in [0.2, 0.25) is 0 Å². The van der Waals surface area contributed by atoms with Crippen LogP contribution in [0.1, 0.15) is 25.8 Å². The standard InChI is InChI=1S/C14H19NO3/c1-3-18-14(17)9-13(11(2)16)15-10-12-7-5-4-6-8-12/h4-8,13,15H,3,9-10H2,1-2H3. The number of nitrogens with one attached hydrogen (secondary N) is 1. The molecular formula is C14H19NO3. The van der Waals surface area contributed by atoms with Gasteiger partial charge in [-0.25, -0.2) is 0 Å². The van der Waals surface area contributed by atoms with E-state index in [0.29, 0.717) is 13.2 Å². The van der Waals surface area contributed by atoms with Crippen LogP contribution in [-0.2, 0) is 20.9 Å². The van der Waals surface area contributed by atoms with Crippen LogP contribution in [-0.4, -0.2) is 24.4 Å². The van der Waals surface area contributed by atoms with Gasteiger partial charge in [-0.15, -0.1) is 0 Å². The van der Waals surface area contributed by atoms with Crippen LogP contribution in [0.25, 0.3) is 0 Å². The van der Waals surface area contributed by atoms with E-state index < -0.39 is 6.04 Å². The minimum Gasteiger partial charge on any atom is -0.466 e. The third-order valence-corrected chi connectivity index (χ3v) is 2.56. The lowest BCUT2D eigenvalue weighted by Gasteiger charge is -2.15. The molecule has 1 atom stereocenters. The molecule has 0 spiro atoms. The Morgan fingerprint density at radius 2 is 1.94 bits per heavy atom. The number of ether oxygens (including phenoxy) is 1. The van der Waals surface area contributed by atoms with Crippen LogP contribution in [0.4, 0.5) is 0 Å². The fraction of sp³-hybridized carbons (Fsp3) is 0.429. The number of hydrogen-bond acceptors (Lipinski definition) is 4. The molecule has 1 unspecified atom stereocenters. The smallest absolute Gasteiger partial charge is 0.307 e. The number of ketones is 1. The monoisotopic (exact) mass is 249 g/mol. The van der Waals surface area contributed by atoms with Crippen LogP contribution in [0, 0.1) is 0 Å². The molecule has 1 aromatic rings. The average molecular weight is 249 g/mol. The Morgan fingerprint density at radius 1 is 1.28 bits per heavy atom. The molecule has 1 rings (SSSR count). The van der Waals surface area contributed by atoms with E-state index >= 15 is 0 Å². The largest absolute Gasteiger partial charge is 0.466 e. The Kier molecular flexibility index (Phi) is 6.08. The summed E-state index contributed by atoms with van der Waals surface area (Å²) in [4.78, 5) is 22.8. The lowest BCUT2D eigenvalue weighted by Crippen LogP contribution is -2.37. The van der Waals surface area contributed by atoms with Crippen LogP contribution in [0.3, 0.4) is 0 Å². The summed E-state index contributed by atoms with van der Waals surface area (Å²) >= 11 is 0. The first-order valence-electron chi connectivity index (χ1n) is 6.07. The van der Waals surface area contributed by atoms with Gasteiger partial charge in [0.15, 0.2) is 0 Å². The Balaban J connectivity index is 2.48. The summed E-state index contributed by atoms with van der Waals surface area (Å²) in [6.07, 6.45) is 0.0794. The van der Waals surface area contributed by atoms with E-state index in [1.54, 1.807) is 6.92 Å². The quantitative estimate of drug-likeness (QED) is 0.747. The molecule has 98 valence electrons. The second-order valence-electron chi connectivity index (χ2n) is 4.04. The zero-order chi connectivity index (χ0) is 13.4. The summed E-state index contributed by atoms with van der Waals surface area (Å²) in [6.45, 7) is 4.12. The van der Waals surface area contributed by atoms with Crippen LogP contribution in [0.5, 0.6) is 0 Å². The number of hydrogen-bond donors (Lipinski definition) is 1. The average Bonchev–Trinajstić information content (AvgIpc) is 2.35. The minimum atomic E-state index is -0.482. The third kappa shape index (κ3) is 5.10. The summed E-state index contributed by atoms with van der Waals surface area (Å²) in [6, 6.07) is 9.26. The number of Topliss-reactive ketones (excluding diaryl/α,β-unsaturated/α-hetero) is 1. The van der Waals surface area contributed by atoms with Gasteiger partial charge in [-0.05, 0) is 19.4 Å². The zero-order valence-electron chi connectivity index (χ0n) is 10.8. The third-order valence-electron chi connectivity index (χ3n) is 2.56. The maximum Gasteiger partial charge on any atom is 0.307 e. The molecule has 0 aliphatic rings. The lowest BCUT2D eigenvalue weighted by atomic mass is 10.1. The molecule has 0 aliphatic heterocycles. The zero-order valence-corrected chi connectivity index (χ0v) is 10.8. The first kappa shape index (κ1) is 14.4. The molecular weight excluding hydrogens is 230 g/mol. The van der Waals surface area contributed by atoms with E-state index in [2.05, 4.69) is 5.32 Å². The molecule has 18 heavy (non-hydrogen) atoms. The summed E-state index contributed by atoms with van der Waals surface area (Å²) < 4.78 is 4.84. The van der Waals surface area contributed by atoms with Gasteiger partial charge in [0.05, 0.1) is 19.1 Å². The maximum atomic E-state index is 11.4. The molecule has 1 N–H and O–H groups in total. The van der Waals surface area contributed by atoms with E-state index in [1.165, 1.54) is 6.92 Å². The van der Waals surface area contributed by atoms with E-state index in [9.17, 15) is 9.59 Å². The van der Waals surface area contributed by atoms with Gasteiger partial charge < -0.3 is 10.1 Å². The van der Waals surface area contributed by atoms with Gasteiger partial charge in [0.25, 0.3) is 0 Å². The molecule has 0 bridgehead atoms. The predicted molar refractivity (Wildman–Crippen MR) is 69.0 cm³/mol. The fourth-order valence-electron chi connectivity index (χ4n) is 1.58. The van der Waals surface area contributed by atoms with Crippen molar-refractivity contribution in [2.75, 3.05) is 6.61 Å². The molecule has 1 aromatic carbocycles. The highest BCUT2D eigenvalue weighted by Gasteiger charge is 2.18. The summed E-state index contributed by atoms with van der Waals surface area (Å²) in [7, 11) is 0. The Hall–Kier alpha value is -1.68. The van der Waals surface area contributed by atoms with Crippen molar-refractivity contribution < 1.29 is 14.3 Å². The Labute approximate surface area is 107 Å². The summed E-state index contributed by atoms with van der Waals surface area (Å²) in [5, 5.41) is 3.07. The van der Waals surface area contributed by atoms with Gasteiger partial charge in [-0.3, -0.25) is 9.59 Å². The topological polar surface area (TPSA) is 55.4 Å². The van der Waals surface area contributed by atoms with Crippen molar-refractivity contribution in [2.24, 2.45) is 0 Å². The first-order valence-corrected chi connectivity index (χ1v) is 6.07.